The summed E-state index contributed by atoms with van der Waals surface area (Å²) in [4.78, 5) is 6.62. The molecule has 6 nitrogen and oxygen atoms in total. The van der Waals surface area contributed by atoms with E-state index in [4.69, 9.17) is 5.14 Å². The summed E-state index contributed by atoms with van der Waals surface area (Å²) in [5.41, 5.74) is 1.36. The van der Waals surface area contributed by atoms with Crippen molar-refractivity contribution in [2.45, 2.75) is 17.7 Å². The minimum absolute atomic E-state index is 0.0499. The second-order valence-electron chi connectivity index (χ2n) is 6.47. The van der Waals surface area contributed by atoms with E-state index >= 15 is 0 Å². The Morgan fingerprint density at radius 1 is 1.20 bits per heavy atom. The molecule has 0 radical (unpaired) electrons. The molecule has 0 aliphatic carbocycles. The van der Waals surface area contributed by atoms with Gasteiger partial charge in [0.2, 0.25) is 10.0 Å². The lowest BCUT2D eigenvalue weighted by molar-refractivity contribution is 0.330. The Bertz CT molecular complexity index is 796. The third-order valence-corrected chi connectivity index (χ3v) is 5.51. The van der Waals surface area contributed by atoms with E-state index < -0.39 is 10.0 Å². The van der Waals surface area contributed by atoms with E-state index in [0.717, 1.165) is 32.5 Å². The summed E-state index contributed by atoms with van der Waals surface area (Å²) in [6, 6.07) is 13.5. The first-order valence-corrected chi connectivity index (χ1v) is 10.0. The third-order valence-electron chi connectivity index (χ3n) is 4.56. The Morgan fingerprint density at radius 3 is 2.76 bits per heavy atom. The van der Waals surface area contributed by atoms with Crippen molar-refractivity contribution in [1.82, 2.24) is 9.88 Å². The van der Waals surface area contributed by atoms with Crippen LogP contribution in [0.1, 0.15) is 12.0 Å². The molecule has 0 bridgehead atoms. The molecule has 1 atom stereocenters. The van der Waals surface area contributed by atoms with Crippen LogP contribution in [0.2, 0.25) is 0 Å². The first kappa shape index (κ1) is 17.8. The van der Waals surface area contributed by atoms with Crippen molar-refractivity contribution in [3.8, 4) is 0 Å². The molecule has 3 N–H and O–H groups in total. The van der Waals surface area contributed by atoms with Crippen molar-refractivity contribution in [1.29, 1.82) is 0 Å². The van der Waals surface area contributed by atoms with E-state index in [1.165, 1.54) is 11.6 Å². The zero-order valence-corrected chi connectivity index (χ0v) is 15.0. The molecule has 0 spiro atoms. The van der Waals surface area contributed by atoms with Crippen LogP contribution in [0.15, 0.2) is 53.6 Å². The molecule has 134 valence electrons. The fraction of sp³-hybridized carbons (Fsp3) is 0.389. The third kappa shape index (κ3) is 5.01. The number of primary sulfonamides is 1. The molecular weight excluding hydrogens is 336 g/mol. The molecule has 2 heterocycles. The maximum Gasteiger partial charge on any atom is 0.241 e. The van der Waals surface area contributed by atoms with E-state index in [2.05, 4.69) is 39.5 Å². The second-order valence-corrected chi connectivity index (χ2v) is 8.00. The van der Waals surface area contributed by atoms with Crippen LogP contribution in [-0.2, 0) is 16.4 Å². The van der Waals surface area contributed by atoms with Gasteiger partial charge < -0.3 is 10.2 Å². The summed E-state index contributed by atoms with van der Waals surface area (Å²) in [6.45, 7) is 3.83. The predicted octanol–water partition coefficient (Wildman–Crippen LogP) is 1.71. The lowest BCUT2D eigenvalue weighted by Crippen LogP contribution is -2.25. The molecule has 1 aliphatic rings. The predicted molar refractivity (Wildman–Crippen MR) is 98.8 cm³/mol. The minimum atomic E-state index is -3.76. The van der Waals surface area contributed by atoms with Gasteiger partial charge in [-0.3, -0.25) is 0 Å². The lowest BCUT2D eigenvalue weighted by atomic mass is 10.1. The Morgan fingerprint density at radius 2 is 2.00 bits per heavy atom. The first-order chi connectivity index (χ1) is 12.0. The molecule has 1 fully saturated rings. The van der Waals surface area contributed by atoms with Crippen LogP contribution in [0.5, 0.6) is 0 Å². The smallest absolute Gasteiger partial charge is 0.241 e. The highest BCUT2D eigenvalue weighted by Gasteiger charge is 2.23. The molecule has 7 heteroatoms. The van der Waals surface area contributed by atoms with Gasteiger partial charge in [0.25, 0.3) is 0 Å². The topological polar surface area (TPSA) is 88.3 Å². The molecule has 25 heavy (non-hydrogen) atoms. The van der Waals surface area contributed by atoms with Gasteiger partial charge in [0.05, 0.1) is 0 Å². The standard InChI is InChI=1S/C18H24N4O2S/c19-25(23,24)17-7-4-10-20-18(17)21-13-16-9-12-22(14-16)11-8-15-5-2-1-3-6-15/h1-7,10,16H,8-9,11-14H2,(H,20,21)(H2,19,23,24). The van der Waals surface area contributed by atoms with Crippen molar-refractivity contribution in [2.75, 3.05) is 31.5 Å². The van der Waals surface area contributed by atoms with Gasteiger partial charge in [-0.25, -0.2) is 18.5 Å². The maximum absolute atomic E-state index is 11.6. The summed E-state index contributed by atoms with van der Waals surface area (Å²) < 4.78 is 23.2. The Balaban J connectivity index is 1.49. The molecule has 1 aromatic heterocycles. The number of nitrogens with one attached hydrogen (secondary N) is 1. The van der Waals surface area contributed by atoms with E-state index in [9.17, 15) is 8.42 Å². The van der Waals surface area contributed by atoms with Gasteiger partial charge in [-0.2, -0.15) is 0 Å². The van der Waals surface area contributed by atoms with Crippen LogP contribution in [0, 0.1) is 5.92 Å². The number of rotatable bonds is 7. The molecule has 3 rings (SSSR count). The first-order valence-electron chi connectivity index (χ1n) is 8.50. The van der Waals surface area contributed by atoms with Crippen molar-refractivity contribution in [3.63, 3.8) is 0 Å². The number of likely N-dealkylation sites (tertiary alicyclic amines) is 1. The van der Waals surface area contributed by atoms with Crippen LogP contribution < -0.4 is 10.5 Å². The van der Waals surface area contributed by atoms with E-state index in [1.54, 1.807) is 12.3 Å². The Hall–Kier alpha value is -1.96. The van der Waals surface area contributed by atoms with Crippen LogP contribution in [-0.4, -0.2) is 44.5 Å². The van der Waals surface area contributed by atoms with Gasteiger partial charge in [0.1, 0.15) is 10.7 Å². The number of hydrogen-bond acceptors (Lipinski definition) is 5. The number of benzene rings is 1. The molecule has 2 aromatic rings. The quantitative estimate of drug-likeness (QED) is 0.785. The van der Waals surface area contributed by atoms with Gasteiger partial charge in [-0.05, 0) is 43.0 Å². The zero-order chi connectivity index (χ0) is 17.7. The van der Waals surface area contributed by atoms with Gasteiger partial charge in [0.15, 0.2) is 0 Å². The minimum Gasteiger partial charge on any atom is -0.369 e. The number of nitrogens with zero attached hydrogens (tertiary/aromatic N) is 2. The summed E-state index contributed by atoms with van der Waals surface area (Å²) in [7, 11) is -3.76. The lowest BCUT2D eigenvalue weighted by Gasteiger charge is -2.17. The molecule has 0 amide bonds. The van der Waals surface area contributed by atoms with E-state index in [0.29, 0.717) is 18.3 Å². The van der Waals surface area contributed by atoms with E-state index in [1.807, 2.05) is 6.07 Å². The van der Waals surface area contributed by atoms with Crippen molar-refractivity contribution in [2.24, 2.45) is 11.1 Å². The summed E-state index contributed by atoms with van der Waals surface area (Å²) in [6.07, 6.45) is 3.72. The number of aromatic nitrogens is 1. The zero-order valence-electron chi connectivity index (χ0n) is 14.1. The van der Waals surface area contributed by atoms with Crippen LogP contribution >= 0.6 is 0 Å². The number of nitrogens with two attached hydrogens (primary N) is 1. The van der Waals surface area contributed by atoms with Gasteiger partial charge >= 0.3 is 0 Å². The summed E-state index contributed by atoms with van der Waals surface area (Å²) in [5, 5.41) is 8.40. The molecule has 0 saturated carbocycles. The highest BCUT2D eigenvalue weighted by molar-refractivity contribution is 7.89. The fourth-order valence-electron chi connectivity index (χ4n) is 3.21. The molecule has 1 unspecified atom stereocenters. The second kappa shape index (κ2) is 7.95. The largest absolute Gasteiger partial charge is 0.369 e. The van der Waals surface area contributed by atoms with Gasteiger partial charge in [0, 0.05) is 25.8 Å². The number of hydrogen-bond donors (Lipinski definition) is 2. The van der Waals surface area contributed by atoms with Crippen LogP contribution in [0.3, 0.4) is 0 Å². The number of sulfonamides is 1. The highest BCUT2D eigenvalue weighted by Crippen LogP contribution is 2.20. The number of anilines is 1. The normalized spacial score (nSPS) is 18.4. The fourth-order valence-corrected chi connectivity index (χ4v) is 3.87. The average Bonchev–Trinajstić information content (AvgIpc) is 3.06. The summed E-state index contributed by atoms with van der Waals surface area (Å²) >= 11 is 0. The molecule has 1 saturated heterocycles. The van der Waals surface area contributed by atoms with Gasteiger partial charge in [-0.1, -0.05) is 30.3 Å². The molecule has 1 aromatic carbocycles. The molecule has 1 aliphatic heterocycles. The Labute approximate surface area is 149 Å². The van der Waals surface area contributed by atoms with Crippen LogP contribution in [0.4, 0.5) is 5.82 Å². The Kier molecular flexibility index (Phi) is 5.67. The van der Waals surface area contributed by atoms with Crippen molar-refractivity contribution in [3.05, 3.63) is 54.2 Å². The highest BCUT2D eigenvalue weighted by atomic mass is 32.2. The average molecular weight is 360 g/mol. The summed E-state index contributed by atoms with van der Waals surface area (Å²) in [5.74, 6) is 0.818. The van der Waals surface area contributed by atoms with Crippen molar-refractivity contribution >= 4 is 15.8 Å². The monoisotopic (exact) mass is 360 g/mol. The van der Waals surface area contributed by atoms with E-state index in [-0.39, 0.29) is 4.90 Å². The number of pyridine rings is 1. The maximum atomic E-state index is 11.6. The van der Waals surface area contributed by atoms with Crippen molar-refractivity contribution < 1.29 is 8.42 Å². The van der Waals surface area contributed by atoms with Crippen LogP contribution in [0.25, 0.3) is 0 Å². The molecular formula is C18H24N4O2S. The van der Waals surface area contributed by atoms with Gasteiger partial charge in [-0.15, -0.1) is 0 Å². The SMILES string of the molecule is NS(=O)(=O)c1cccnc1NCC1CCN(CCc2ccccc2)C1.